The maximum Gasteiger partial charge on any atom is 0.237 e. The van der Waals surface area contributed by atoms with E-state index in [2.05, 4.69) is 39.4 Å². The van der Waals surface area contributed by atoms with Gasteiger partial charge in [0, 0.05) is 31.9 Å². The Labute approximate surface area is 166 Å². The van der Waals surface area contributed by atoms with Crippen LogP contribution in [0.25, 0.3) is 0 Å². The van der Waals surface area contributed by atoms with E-state index in [9.17, 15) is 9.18 Å². The molecular formula is C23H28FN3O. The zero-order valence-corrected chi connectivity index (χ0v) is 16.4. The van der Waals surface area contributed by atoms with Crippen LogP contribution >= 0.6 is 0 Å². The van der Waals surface area contributed by atoms with Crippen molar-refractivity contribution in [1.82, 2.24) is 10.2 Å². The van der Waals surface area contributed by atoms with Crippen molar-refractivity contribution in [2.45, 2.75) is 38.3 Å². The van der Waals surface area contributed by atoms with Gasteiger partial charge in [-0.2, -0.15) is 0 Å². The maximum atomic E-state index is 13.1. The summed E-state index contributed by atoms with van der Waals surface area (Å²) in [7, 11) is 0. The average Bonchev–Trinajstić information content (AvgIpc) is 2.74. The van der Waals surface area contributed by atoms with Crippen LogP contribution in [0.1, 0.15) is 36.9 Å². The summed E-state index contributed by atoms with van der Waals surface area (Å²) in [5, 5.41) is 3.29. The molecule has 1 fully saturated rings. The van der Waals surface area contributed by atoms with Gasteiger partial charge in [0.05, 0.1) is 12.1 Å². The number of rotatable bonds is 4. The minimum atomic E-state index is -0.211. The molecule has 1 amide bonds. The average molecular weight is 381 g/mol. The van der Waals surface area contributed by atoms with E-state index in [0.29, 0.717) is 0 Å². The first-order valence-electron chi connectivity index (χ1n) is 10.2. The predicted molar refractivity (Wildman–Crippen MR) is 110 cm³/mol. The highest BCUT2D eigenvalue weighted by atomic mass is 19.1. The number of fused-ring (bicyclic) bond motifs is 1. The monoisotopic (exact) mass is 381 g/mol. The second-order valence-electron chi connectivity index (χ2n) is 7.83. The summed E-state index contributed by atoms with van der Waals surface area (Å²) < 4.78 is 13.1. The Hall–Kier alpha value is -2.40. The number of nitrogens with zero attached hydrogens (tertiary/aromatic N) is 2. The lowest BCUT2D eigenvalue weighted by Crippen LogP contribution is -2.54. The summed E-state index contributed by atoms with van der Waals surface area (Å²) in [5.41, 5.74) is 3.67. The SMILES string of the molecule is C[C@H](C(=O)N[C@H]1CCCc2ccccc21)N1CCN(c2ccc(F)cc2)CC1. The van der Waals surface area contributed by atoms with Gasteiger partial charge in [0.2, 0.25) is 5.91 Å². The molecule has 1 aliphatic heterocycles. The highest BCUT2D eigenvalue weighted by molar-refractivity contribution is 5.82. The van der Waals surface area contributed by atoms with Crippen molar-refractivity contribution in [3.63, 3.8) is 0 Å². The zero-order valence-electron chi connectivity index (χ0n) is 16.4. The summed E-state index contributed by atoms with van der Waals surface area (Å²) in [6, 6.07) is 15.1. The minimum absolute atomic E-state index is 0.108. The van der Waals surface area contributed by atoms with Gasteiger partial charge >= 0.3 is 0 Å². The van der Waals surface area contributed by atoms with E-state index in [-0.39, 0.29) is 23.8 Å². The van der Waals surface area contributed by atoms with Crippen molar-refractivity contribution in [3.8, 4) is 0 Å². The van der Waals surface area contributed by atoms with Gasteiger partial charge in [-0.1, -0.05) is 24.3 Å². The molecule has 0 radical (unpaired) electrons. The van der Waals surface area contributed by atoms with Crippen LogP contribution < -0.4 is 10.2 Å². The maximum absolute atomic E-state index is 13.1. The molecule has 2 aromatic rings. The number of hydrogen-bond acceptors (Lipinski definition) is 3. The number of benzene rings is 2. The van der Waals surface area contributed by atoms with Gasteiger partial charge in [-0.05, 0) is 61.6 Å². The second-order valence-corrected chi connectivity index (χ2v) is 7.83. The van der Waals surface area contributed by atoms with Gasteiger partial charge in [0.25, 0.3) is 0 Å². The van der Waals surface area contributed by atoms with Crippen molar-refractivity contribution < 1.29 is 9.18 Å². The van der Waals surface area contributed by atoms with Gasteiger partial charge in [0.1, 0.15) is 5.82 Å². The summed E-state index contributed by atoms with van der Waals surface area (Å²) in [6.07, 6.45) is 3.23. The fourth-order valence-corrected chi connectivity index (χ4v) is 4.38. The number of aryl methyl sites for hydroxylation is 1. The van der Waals surface area contributed by atoms with Crippen LogP contribution in [-0.2, 0) is 11.2 Å². The van der Waals surface area contributed by atoms with Crippen molar-refractivity contribution >= 4 is 11.6 Å². The Kier molecular flexibility index (Phi) is 5.62. The molecule has 0 bridgehead atoms. The molecule has 1 saturated heterocycles. The number of piperazine rings is 1. The van der Waals surface area contributed by atoms with Crippen molar-refractivity contribution in [2.75, 3.05) is 31.1 Å². The minimum Gasteiger partial charge on any atom is -0.369 e. The molecular weight excluding hydrogens is 353 g/mol. The number of carbonyl (C=O) groups is 1. The van der Waals surface area contributed by atoms with E-state index in [0.717, 1.165) is 51.1 Å². The van der Waals surface area contributed by atoms with Crippen LogP contribution in [0.5, 0.6) is 0 Å². The Bertz CT molecular complexity index is 815. The van der Waals surface area contributed by atoms with Gasteiger partial charge in [0.15, 0.2) is 0 Å². The molecule has 0 unspecified atom stereocenters. The molecule has 148 valence electrons. The first kappa shape index (κ1) is 18.9. The third-order valence-corrected chi connectivity index (χ3v) is 6.12. The van der Waals surface area contributed by atoms with Crippen LogP contribution in [0.15, 0.2) is 48.5 Å². The molecule has 4 nitrogen and oxygen atoms in total. The van der Waals surface area contributed by atoms with Crippen LogP contribution in [0.3, 0.4) is 0 Å². The van der Waals surface area contributed by atoms with E-state index >= 15 is 0 Å². The molecule has 1 heterocycles. The molecule has 2 atom stereocenters. The summed E-state index contributed by atoms with van der Waals surface area (Å²) in [4.78, 5) is 17.4. The third kappa shape index (κ3) is 4.04. The van der Waals surface area contributed by atoms with Gasteiger partial charge in [-0.15, -0.1) is 0 Å². The fourth-order valence-electron chi connectivity index (χ4n) is 4.38. The van der Waals surface area contributed by atoms with Crippen LogP contribution in [0, 0.1) is 5.82 Å². The Morgan fingerprint density at radius 1 is 1.07 bits per heavy atom. The predicted octanol–water partition coefficient (Wildman–Crippen LogP) is 3.53. The summed E-state index contributed by atoms with van der Waals surface area (Å²) in [6.45, 7) is 5.34. The number of nitrogens with one attached hydrogen (secondary N) is 1. The lowest BCUT2D eigenvalue weighted by molar-refractivity contribution is -0.126. The van der Waals surface area contributed by atoms with Crippen LogP contribution in [-0.4, -0.2) is 43.0 Å². The number of anilines is 1. The first-order chi connectivity index (χ1) is 13.6. The standard InChI is InChI=1S/C23H28FN3O/c1-17(23(28)25-22-8-4-6-18-5-2-3-7-21(18)22)26-13-15-27(16-14-26)20-11-9-19(24)10-12-20/h2-3,5,7,9-12,17,22H,4,6,8,13-16H2,1H3,(H,25,28)/t17-,22+/m1/s1. The second kappa shape index (κ2) is 8.31. The topological polar surface area (TPSA) is 35.6 Å². The van der Waals surface area contributed by atoms with E-state index in [4.69, 9.17) is 0 Å². The van der Waals surface area contributed by atoms with E-state index < -0.39 is 0 Å². The van der Waals surface area contributed by atoms with E-state index in [1.807, 2.05) is 19.1 Å². The summed E-state index contributed by atoms with van der Waals surface area (Å²) >= 11 is 0. The van der Waals surface area contributed by atoms with Crippen molar-refractivity contribution in [1.29, 1.82) is 0 Å². The Morgan fingerprint density at radius 3 is 2.54 bits per heavy atom. The molecule has 0 spiro atoms. The smallest absolute Gasteiger partial charge is 0.237 e. The first-order valence-corrected chi connectivity index (χ1v) is 10.2. The lowest BCUT2D eigenvalue weighted by atomic mass is 9.87. The Balaban J connectivity index is 1.33. The number of carbonyl (C=O) groups excluding carboxylic acids is 1. The van der Waals surface area contributed by atoms with Crippen LogP contribution in [0.2, 0.25) is 0 Å². The molecule has 2 aliphatic rings. The van der Waals surface area contributed by atoms with E-state index in [1.165, 1.54) is 23.3 Å². The largest absolute Gasteiger partial charge is 0.369 e. The Morgan fingerprint density at radius 2 is 1.79 bits per heavy atom. The molecule has 5 heteroatoms. The highest BCUT2D eigenvalue weighted by Gasteiger charge is 2.28. The number of halogens is 1. The lowest BCUT2D eigenvalue weighted by Gasteiger charge is -2.39. The number of hydrogen-bond donors (Lipinski definition) is 1. The molecule has 1 aliphatic carbocycles. The summed E-state index contributed by atoms with van der Waals surface area (Å²) in [5.74, 6) is -0.103. The molecule has 0 saturated carbocycles. The van der Waals surface area contributed by atoms with Gasteiger partial charge < -0.3 is 10.2 Å². The number of amides is 1. The van der Waals surface area contributed by atoms with Gasteiger partial charge in [-0.25, -0.2) is 4.39 Å². The van der Waals surface area contributed by atoms with Gasteiger partial charge in [-0.3, -0.25) is 9.69 Å². The van der Waals surface area contributed by atoms with E-state index in [1.54, 1.807) is 0 Å². The molecule has 1 N–H and O–H groups in total. The van der Waals surface area contributed by atoms with Crippen molar-refractivity contribution in [3.05, 3.63) is 65.5 Å². The molecule has 28 heavy (non-hydrogen) atoms. The van der Waals surface area contributed by atoms with Crippen LogP contribution in [0.4, 0.5) is 10.1 Å². The molecule has 0 aromatic heterocycles. The van der Waals surface area contributed by atoms with Crippen molar-refractivity contribution in [2.24, 2.45) is 0 Å². The molecule has 2 aromatic carbocycles. The quantitative estimate of drug-likeness (QED) is 0.880. The third-order valence-electron chi connectivity index (χ3n) is 6.12. The zero-order chi connectivity index (χ0) is 19.5. The molecule has 4 rings (SSSR count). The highest BCUT2D eigenvalue weighted by Crippen LogP contribution is 2.29. The fraction of sp³-hybridized carbons (Fsp3) is 0.435. The normalized spacial score (nSPS) is 21.1.